The fourth-order valence-electron chi connectivity index (χ4n) is 2.37. The number of hydrogen-bond donors (Lipinski definition) is 1. The Morgan fingerprint density at radius 2 is 1.36 bits per heavy atom. The minimum atomic E-state index is -0.0125. The van der Waals surface area contributed by atoms with Crippen molar-refractivity contribution in [3.05, 3.63) is 24.3 Å². The topological polar surface area (TPSA) is 29.1 Å². The Hall–Kier alpha value is -1.05. The maximum Gasteiger partial charge on any atom is 0.246 e. The van der Waals surface area contributed by atoms with Crippen LogP contribution in [0.4, 0.5) is 0 Å². The van der Waals surface area contributed by atoms with Crippen LogP contribution in [0.15, 0.2) is 24.3 Å². The molecule has 1 amide bonds. The molecule has 1 N–H and O–H groups in total. The average molecular weight is 308 g/mol. The normalized spacial score (nSPS) is 11.0. The van der Waals surface area contributed by atoms with E-state index in [1.165, 1.54) is 70.6 Å². The molecule has 0 unspecified atom stereocenters. The Bertz CT molecular complexity index is 307. The SMILES string of the molecule is C=C(C)C(=O)NCCCCCCCCC=CCCCCCC. The number of carbonyl (C=O) groups is 1. The molecule has 0 aromatic heterocycles. The number of amides is 1. The van der Waals surface area contributed by atoms with E-state index in [1.54, 1.807) is 6.92 Å². The summed E-state index contributed by atoms with van der Waals surface area (Å²) < 4.78 is 0. The van der Waals surface area contributed by atoms with E-state index in [2.05, 4.69) is 31.0 Å². The van der Waals surface area contributed by atoms with Gasteiger partial charge in [-0.05, 0) is 39.0 Å². The van der Waals surface area contributed by atoms with Crippen molar-refractivity contribution in [3.8, 4) is 0 Å². The van der Waals surface area contributed by atoms with Crippen LogP contribution in [-0.4, -0.2) is 12.5 Å². The number of nitrogens with one attached hydrogen (secondary N) is 1. The molecule has 0 radical (unpaired) electrons. The number of carbonyl (C=O) groups excluding carboxylic acids is 1. The third-order valence-electron chi connectivity index (χ3n) is 3.86. The third kappa shape index (κ3) is 15.3. The number of hydrogen-bond acceptors (Lipinski definition) is 1. The predicted molar refractivity (Wildman–Crippen MR) is 98.0 cm³/mol. The van der Waals surface area contributed by atoms with Gasteiger partial charge in [-0.25, -0.2) is 0 Å². The van der Waals surface area contributed by atoms with Crippen LogP contribution in [0.5, 0.6) is 0 Å². The van der Waals surface area contributed by atoms with Gasteiger partial charge in [-0.3, -0.25) is 4.79 Å². The molecule has 0 aromatic carbocycles. The standard InChI is InChI=1S/C20H37NO/c1-4-5-6-7-8-9-10-11-12-13-14-15-16-17-18-21-20(22)19(2)3/h9-10H,2,4-8,11-18H2,1,3H3,(H,21,22). The van der Waals surface area contributed by atoms with Gasteiger partial charge < -0.3 is 5.32 Å². The first-order chi connectivity index (χ1) is 10.7. The zero-order valence-corrected chi connectivity index (χ0v) is 15.0. The Labute approximate surface area is 138 Å². The lowest BCUT2D eigenvalue weighted by Crippen LogP contribution is -2.24. The Kier molecular flexibility index (Phi) is 15.5. The smallest absolute Gasteiger partial charge is 0.246 e. The number of allylic oxidation sites excluding steroid dienone is 2. The van der Waals surface area contributed by atoms with Gasteiger partial charge in [-0.1, -0.05) is 70.6 Å². The van der Waals surface area contributed by atoms with Crippen molar-refractivity contribution in [2.24, 2.45) is 0 Å². The largest absolute Gasteiger partial charge is 0.352 e. The molecule has 2 nitrogen and oxygen atoms in total. The zero-order valence-electron chi connectivity index (χ0n) is 15.0. The summed E-state index contributed by atoms with van der Waals surface area (Å²) in [6, 6.07) is 0. The van der Waals surface area contributed by atoms with Crippen molar-refractivity contribution in [1.82, 2.24) is 5.32 Å². The van der Waals surface area contributed by atoms with Crippen LogP contribution in [-0.2, 0) is 4.79 Å². The molecule has 128 valence electrons. The lowest BCUT2D eigenvalue weighted by atomic mass is 10.1. The minimum absolute atomic E-state index is 0.0125. The molecule has 0 bridgehead atoms. The highest BCUT2D eigenvalue weighted by molar-refractivity contribution is 5.91. The van der Waals surface area contributed by atoms with Gasteiger partial charge in [0.05, 0.1) is 0 Å². The quantitative estimate of drug-likeness (QED) is 0.226. The Balaban J connectivity index is 3.15. The molecular formula is C20H37NO. The molecule has 0 rings (SSSR count). The first-order valence-electron chi connectivity index (χ1n) is 9.27. The Morgan fingerprint density at radius 1 is 0.864 bits per heavy atom. The van der Waals surface area contributed by atoms with Crippen LogP contribution in [0.2, 0.25) is 0 Å². The van der Waals surface area contributed by atoms with Crippen LogP contribution in [0.1, 0.15) is 90.9 Å². The second kappa shape index (κ2) is 16.3. The number of rotatable bonds is 15. The third-order valence-corrected chi connectivity index (χ3v) is 3.86. The van der Waals surface area contributed by atoms with E-state index < -0.39 is 0 Å². The van der Waals surface area contributed by atoms with Gasteiger partial charge in [0.25, 0.3) is 0 Å². The fraction of sp³-hybridized carbons (Fsp3) is 0.750. The van der Waals surface area contributed by atoms with Crippen molar-refractivity contribution in [1.29, 1.82) is 0 Å². The van der Waals surface area contributed by atoms with Crippen molar-refractivity contribution in [2.75, 3.05) is 6.54 Å². The fourth-order valence-corrected chi connectivity index (χ4v) is 2.37. The van der Waals surface area contributed by atoms with Crippen LogP contribution in [0, 0.1) is 0 Å². The molecule has 0 saturated carbocycles. The molecule has 0 aliphatic rings. The van der Waals surface area contributed by atoms with Gasteiger partial charge in [0, 0.05) is 12.1 Å². The first kappa shape index (κ1) is 20.9. The summed E-state index contributed by atoms with van der Waals surface area (Å²) >= 11 is 0. The molecule has 0 aromatic rings. The summed E-state index contributed by atoms with van der Waals surface area (Å²) in [7, 11) is 0. The second-order valence-corrected chi connectivity index (χ2v) is 6.27. The van der Waals surface area contributed by atoms with Crippen molar-refractivity contribution in [3.63, 3.8) is 0 Å². The first-order valence-corrected chi connectivity index (χ1v) is 9.27. The maximum atomic E-state index is 11.3. The van der Waals surface area contributed by atoms with Gasteiger partial charge in [-0.15, -0.1) is 0 Å². The van der Waals surface area contributed by atoms with Gasteiger partial charge in [-0.2, -0.15) is 0 Å². The van der Waals surface area contributed by atoms with Crippen molar-refractivity contribution < 1.29 is 4.79 Å². The van der Waals surface area contributed by atoms with Crippen molar-refractivity contribution >= 4 is 5.91 Å². The zero-order chi connectivity index (χ0) is 16.5. The van der Waals surface area contributed by atoms with Crippen LogP contribution in [0.3, 0.4) is 0 Å². The lowest BCUT2D eigenvalue weighted by Gasteiger charge is -2.04. The van der Waals surface area contributed by atoms with Gasteiger partial charge in [0.1, 0.15) is 0 Å². The minimum Gasteiger partial charge on any atom is -0.352 e. The highest BCUT2D eigenvalue weighted by Crippen LogP contribution is 2.08. The van der Waals surface area contributed by atoms with E-state index in [9.17, 15) is 4.79 Å². The molecular weight excluding hydrogens is 270 g/mol. The monoisotopic (exact) mass is 307 g/mol. The Morgan fingerprint density at radius 3 is 1.91 bits per heavy atom. The summed E-state index contributed by atoms with van der Waals surface area (Å²) in [4.78, 5) is 11.3. The summed E-state index contributed by atoms with van der Waals surface area (Å²) in [5.41, 5.74) is 0.596. The maximum absolute atomic E-state index is 11.3. The summed E-state index contributed by atoms with van der Waals surface area (Å²) in [5, 5.41) is 2.88. The van der Waals surface area contributed by atoms with Crippen LogP contribution in [0.25, 0.3) is 0 Å². The van der Waals surface area contributed by atoms with E-state index in [-0.39, 0.29) is 5.91 Å². The van der Waals surface area contributed by atoms with Gasteiger partial charge in [0.2, 0.25) is 5.91 Å². The van der Waals surface area contributed by atoms with Gasteiger partial charge in [0.15, 0.2) is 0 Å². The molecule has 2 heteroatoms. The molecule has 0 saturated heterocycles. The lowest BCUT2D eigenvalue weighted by molar-refractivity contribution is -0.117. The summed E-state index contributed by atoms with van der Waals surface area (Å²) in [6.45, 7) is 8.41. The summed E-state index contributed by atoms with van der Waals surface area (Å²) in [5.74, 6) is -0.0125. The molecule has 0 fully saturated rings. The van der Waals surface area contributed by atoms with Crippen LogP contribution < -0.4 is 5.32 Å². The van der Waals surface area contributed by atoms with E-state index in [1.807, 2.05) is 0 Å². The average Bonchev–Trinajstić information content (AvgIpc) is 2.50. The predicted octanol–water partition coefficient (Wildman–Crippen LogP) is 5.94. The highest BCUT2D eigenvalue weighted by Gasteiger charge is 1.99. The van der Waals surface area contributed by atoms with Gasteiger partial charge >= 0.3 is 0 Å². The molecule has 22 heavy (non-hydrogen) atoms. The van der Waals surface area contributed by atoms with E-state index >= 15 is 0 Å². The van der Waals surface area contributed by atoms with Crippen molar-refractivity contribution in [2.45, 2.75) is 90.9 Å². The molecule has 0 aliphatic carbocycles. The van der Waals surface area contributed by atoms with E-state index in [0.717, 1.165) is 13.0 Å². The summed E-state index contributed by atoms with van der Waals surface area (Å²) in [6.07, 6.45) is 20.2. The highest BCUT2D eigenvalue weighted by atomic mass is 16.1. The van der Waals surface area contributed by atoms with Crippen LogP contribution >= 0.6 is 0 Å². The molecule has 0 spiro atoms. The van der Waals surface area contributed by atoms with E-state index in [0.29, 0.717) is 5.57 Å². The second-order valence-electron chi connectivity index (χ2n) is 6.27. The number of unbranched alkanes of at least 4 members (excludes halogenated alkanes) is 10. The molecule has 0 aliphatic heterocycles. The molecule has 0 heterocycles. The van der Waals surface area contributed by atoms with E-state index in [4.69, 9.17) is 0 Å². The molecule has 0 atom stereocenters.